The Balaban J connectivity index is 2.66. The van der Waals surface area contributed by atoms with E-state index in [4.69, 9.17) is 0 Å². The molecule has 0 heterocycles. The van der Waals surface area contributed by atoms with Crippen molar-refractivity contribution in [3.63, 3.8) is 0 Å². The van der Waals surface area contributed by atoms with Crippen LogP contribution in [0.5, 0.6) is 0 Å². The summed E-state index contributed by atoms with van der Waals surface area (Å²) in [5.41, 5.74) is 1.87. The SMILES string of the molecule is C=C(Br)CNCc1ccc([N+](=O)[O-])c(C)c1. The van der Waals surface area contributed by atoms with E-state index < -0.39 is 0 Å². The highest BCUT2D eigenvalue weighted by molar-refractivity contribution is 9.11. The summed E-state index contributed by atoms with van der Waals surface area (Å²) < 4.78 is 0.881. The van der Waals surface area contributed by atoms with Gasteiger partial charge in [-0.2, -0.15) is 0 Å². The van der Waals surface area contributed by atoms with Crippen molar-refractivity contribution < 1.29 is 4.92 Å². The first-order valence-electron chi connectivity index (χ1n) is 4.78. The predicted octanol–water partition coefficient (Wildman–Crippen LogP) is 2.90. The summed E-state index contributed by atoms with van der Waals surface area (Å²) in [4.78, 5) is 10.2. The smallest absolute Gasteiger partial charge is 0.272 e. The molecule has 0 spiro atoms. The van der Waals surface area contributed by atoms with E-state index in [2.05, 4.69) is 27.8 Å². The third-order valence-corrected chi connectivity index (χ3v) is 2.38. The molecule has 0 unspecified atom stereocenters. The topological polar surface area (TPSA) is 55.2 Å². The second-order valence-corrected chi connectivity index (χ2v) is 4.62. The molecule has 0 aliphatic carbocycles. The van der Waals surface area contributed by atoms with Gasteiger partial charge >= 0.3 is 0 Å². The maximum Gasteiger partial charge on any atom is 0.272 e. The second kappa shape index (κ2) is 5.77. The molecule has 0 fully saturated rings. The van der Waals surface area contributed by atoms with Crippen LogP contribution in [0.25, 0.3) is 0 Å². The molecule has 16 heavy (non-hydrogen) atoms. The van der Waals surface area contributed by atoms with Crippen LogP contribution >= 0.6 is 15.9 Å². The Morgan fingerprint density at radius 2 is 2.31 bits per heavy atom. The lowest BCUT2D eigenvalue weighted by molar-refractivity contribution is -0.385. The fourth-order valence-electron chi connectivity index (χ4n) is 1.37. The normalized spacial score (nSPS) is 10.1. The van der Waals surface area contributed by atoms with Crippen LogP contribution in [0.2, 0.25) is 0 Å². The summed E-state index contributed by atoms with van der Waals surface area (Å²) in [5, 5.41) is 13.8. The summed E-state index contributed by atoms with van der Waals surface area (Å²) in [6.45, 7) is 6.79. The maximum absolute atomic E-state index is 10.6. The van der Waals surface area contributed by atoms with E-state index in [0.29, 0.717) is 18.7 Å². The number of benzene rings is 1. The quantitative estimate of drug-likeness (QED) is 0.668. The first kappa shape index (κ1) is 12.9. The fourth-order valence-corrected chi connectivity index (χ4v) is 1.57. The largest absolute Gasteiger partial charge is 0.308 e. The van der Waals surface area contributed by atoms with Crippen molar-refractivity contribution in [1.29, 1.82) is 0 Å². The highest BCUT2D eigenvalue weighted by Crippen LogP contribution is 2.18. The summed E-state index contributed by atoms with van der Waals surface area (Å²) in [5.74, 6) is 0. The molecular formula is C11H13BrN2O2. The van der Waals surface area contributed by atoms with Gasteiger partial charge in [0.05, 0.1) is 4.92 Å². The van der Waals surface area contributed by atoms with Gasteiger partial charge in [0, 0.05) is 29.2 Å². The standard InChI is InChI=1S/C11H13BrN2O2/c1-8-5-10(7-13-6-9(2)12)3-4-11(8)14(15)16/h3-5,13H,2,6-7H2,1H3. The van der Waals surface area contributed by atoms with Crippen LogP contribution < -0.4 is 5.32 Å². The zero-order chi connectivity index (χ0) is 12.1. The van der Waals surface area contributed by atoms with Crippen LogP contribution in [-0.2, 0) is 6.54 Å². The highest BCUT2D eigenvalue weighted by Gasteiger charge is 2.09. The van der Waals surface area contributed by atoms with Gasteiger partial charge in [-0.3, -0.25) is 10.1 Å². The van der Waals surface area contributed by atoms with Gasteiger partial charge in [-0.1, -0.05) is 28.6 Å². The minimum absolute atomic E-state index is 0.161. The van der Waals surface area contributed by atoms with E-state index in [1.807, 2.05) is 6.07 Å². The number of nitro groups is 1. The van der Waals surface area contributed by atoms with Crippen LogP contribution in [0.3, 0.4) is 0 Å². The number of hydrogen-bond donors (Lipinski definition) is 1. The van der Waals surface area contributed by atoms with Crippen molar-refractivity contribution in [3.05, 3.63) is 50.5 Å². The number of rotatable bonds is 5. The van der Waals surface area contributed by atoms with Crippen molar-refractivity contribution in [3.8, 4) is 0 Å². The molecule has 0 saturated carbocycles. The molecule has 0 aliphatic rings. The molecule has 0 amide bonds. The Labute approximate surface area is 103 Å². The first-order valence-corrected chi connectivity index (χ1v) is 5.58. The number of nitro benzene ring substituents is 1. The lowest BCUT2D eigenvalue weighted by Gasteiger charge is -2.05. The molecule has 1 aromatic rings. The third kappa shape index (κ3) is 3.75. The van der Waals surface area contributed by atoms with E-state index in [-0.39, 0.29) is 10.6 Å². The Hall–Kier alpha value is -1.20. The molecule has 5 heteroatoms. The molecule has 1 N–H and O–H groups in total. The summed E-state index contributed by atoms with van der Waals surface area (Å²) in [6, 6.07) is 5.12. The average molecular weight is 285 g/mol. The van der Waals surface area contributed by atoms with Crippen LogP contribution in [0.15, 0.2) is 29.3 Å². The number of aryl methyl sites for hydroxylation is 1. The van der Waals surface area contributed by atoms with Crippen LogP contribution in [0, 0.1) is 17.0 Å². The molecule has 0 aliphatic heterocycles. The van der Waals surface area contributed by atoms with E-state index in [1.54, 1.807) is 13.0 Å². The highest BCUT2D eigenvalue weighted by atomic mass is 79.9. The van der Waals surface area contributed by atoms with E-state index >= 15 is 0 Å². The van der Waals surface area contributed by atoms with Gasteiger partial charge in [-0.05, 0) is 18.6 Å². The summed E-state index contributed by atoms with van der Waals surface area (Å²) in [7, 11) is 0. The molecule has 4 nitrogen and oxygen atoms in total. The number of nitrogens with zero attached hydrogens (tertiary/aromatic N) is 1. The molecule has 0 bridgehead atoms. The van der Waals surface area contributed by atoms with Gasteiger partial charge in [-0.15, -0.1) is 0 Å². The molecule has 1 rings (SSSR count). The van der Waals surface area contributed by atoms with Crippen molar-refractivity contribution in [2.24, 2.45) is 0 Å². The van der Waals surface area contributed by atoms with Gasteiger partial charge in [0.1, 0.15) is 0 Å². The Morgan fingerprint density at radius 1 is 1.62 bits per heavy atom. The van der Waals surface area contributed by atoms with Crippen molar-refractivity contribution in [2.45, 2.75) is 13.5 Å². The fraction of sp³-hybridized carbons (Fsp3) is 0.273. The van der Waals surface area contributed by atoms with E-state index in [1.165, 1.54) is 6.07 Å². The molecule has 0 atom stereocenters. The third-order valence-electron chi connectivity index (χ3n) is 2.10. The van der Waals surface area contributed by atoms with Gasteiger partial charge in [0.25, 0.3) is 5.69 Å². The maximum atomic E-state index is 10.6. The van der Waals surface area contributed by atoms with Crippen molar-refractivity contribution in [1.82, 2.24) is 5.32 Å². The predicted molar refractivity (Wildman–Crippen MR) is 67.6 cm³/mol. The average Bonchev–Trinajstić information content (AvgIpc) is 2.16. The molecule has 86 valence electrons. The van der Waals surface area contributed by atoms with Gasteiger partial charge in [-0.25, -0.2) is 0 Å². The molecule has 0 aromatic heterocycles. The molecular weight excluding hydrogens is 272 g/mol. The van der Waals surface area contributed by atoms with Crippen molar-refractivity contribution >= 4 is 21.6 Å². The summed E-state index contributed by atoms with van der Waals surface area (Å²) >= 11 is 3.25. The minimum Gasteiger partial charge on any atom is -0.308 e. The van der Waals surface area contributed by atoms with Crippen LogP contribution in [0.4, 0.5) is 5.69 Å². The molecule has 0 radical (unpaired) electrons. The van der Waals surface area contributed by atoms with Gasteiger partial charge in [0.15, 0.2) is 0 Å². The Kier molecular flexibility index (Phi) is 4.64. The number of nitrogens with one attached hydrogen (secondary N) is 1. The first-order chi connectivity index (χ1) is 7.50. The zero-order valence-electron chi connectivity index (χ0n) is 9.00. The molecule has 1 aromatic carbocycles. The van der Waals surface area contributed by atoms with Gasteiger partial charge < -0.3 is 5.32 Å². The van der Waals surface area contributed by atoms with E-state index in [9.17, 15) is 10.1 Å². The lowest BCUT2D eigenvalue weighted by Crippen LogP contribution is -2.14. The van der Waals surface area contributed by atoms with Crippen molar-refractivity contribution in [2.75, 3.05) is 6.54 Å². The second-order valence-electron chi connectivity index (χ2n) is 3.50. The molecule has 0 saturated heterocycles. The number of hydrogen-bond acceptors (Lipinski definition) is 3. The monoisotopic (exact) mass is 284 g/mol. The van der Waals surface area contributed by atoms with Crippen LogP contribution in [-0.4, -0.2) is 11.5 Å². The Bertz CT molecular complexity index is 418. The number of halogens is 1. The Morgan fingerprint density at radius 3 is 2.81 bits per heavy atom. The van der Waals surface area contributed by atoms with Gasteiger partial charge in [0.2, 0.25) is 0 Å². The van der Waals surface area contributed by atoms with Crippen LogP contribution in [0.1, 0.15) is 11.1 Å². The van der Waals surface area contributed by atoms with E-state index in [0.717, 1.165) is 10.0 Å². The zero-order valence-corrected chi connectivity index (χ0v) is 10.6. The minimum atomic E-state index is -0.368. The lowest BCUT2D eigenvalue weighted by atomic mass is 10.1. The summed E-state index contributed by atoms with van der Waals surface area (Å²) in [6.07, 6.45) is 0.